The van der Waals surface area contributed by atoms with Gasteiger partial charge in [0.2, 0.25) is 17.2 Å². The smallest absolute Gasteiger partial charge is 0.744 e. The summed E-state index contributed by atoms with van der Waals surface area (Å²) >= 11 is 0. The van der Waals surface area contributed by atoms with E-state index in [-0.39, 0.29) is 174 Å². The van der Waals surface area contributed by atoms with Crippen molar-refractivity contribution in [1.82, 2.24) is 15.0 Å². The van der Waals surface area contributed by atoms with E-state index < -0.39 is 93.6 Å². The van der Waals surface area contributed by atoms with Crippen LogP contribution < -0.4 is 135 Å². The van der Waals surface area contributed by atoms with Crippen molar-refractivity contribution in [1.29, 1.82) is 0 Å². The van der Waals surface area contributed by atoms with Gasteiger partial charge in [0.25, 0.3) is 0 Å². The Balaban J connectivity index is 0.00000361. The molecule has 25 nitrogen and oxygen atoms in total. The van der Waals surface area contributed by atoms with Gasteiger partial charge in [0.05, 0.1) is 65.3 Å². The zero-order chi connectivity index (χ0) is 50.8. The van der Waals surface area contributed by atoms with E-state index in [1.54, 1.807) is 13.0 Å². The number of aromatic nitrogens is 3. The van der Waals surface area contributed by atoms with Gasteiger partial charge in [-0.05, 0) is 103 Å². The van der Waals surface area contributed by atoms with Crippen LogP contribution >= 0.6 is 0 Å². The molecule has 7 rings (SSSR count). The van der Waals surface area contributed by atoms with Crippen LogP contribution in [0.5, 0.6) is 0 Å². The largest absolute Gasteiger partial charge is 1.00 e. The second kappa shape index (κ2) is 26.4. The van der Waals surface area contributed by atoms with Gasteiger partial charge in [0.15, 0.2) is 9.84 Å². The van der Waals surface area contributed by atoms with Crippen LogP contribution in [0, 0.1) is 6.92 Å². The minimum absolute atomic E-state index is 0. The summed E-state index contributed by atoms with van der Waals surface area (Å²) in [6.07, 6.45) is 0. The third-order valence-electron chi connectivity index (χ3n) is 9.53. The quantitative estimate of drug-likeness (QED) is 0.0421. The second-order valence-corrected chi connectivity index (χ2v) is 22.0. The number of sulfone groups is 1. The summed E-state index contributed by atoms with van der Waals surface area (Å²) in [5.74, 6) is -0.784. The van der Waals surface area contributed by atoms with E-state index in [1.165, 1.54) is 72.8 Å². The third-order valence-corrected chi connectivity index (χ3v) is 14.7. The predicted molar refractivity (Wildman–Crippen MR) is 240 cm³/mol. The number of aromatic amines is 2. The van der Waals surface area contributed by atoms with Crippen molar-refractivity contribution >= 4 is 107 Å². The van der Waals surface area contributed by atoms with Crippen LogP contribution in [0.4, 0.5) is 45.8 Å². The van der Waals surface area contributed by atoms with Gasteiger partial charge < -0.3 is 28.6 Å². The normalized spacial score (nSPS) is 12.7. The van der Waals surface area contributed by atoms with Gasteiger partial charge in [-0.15, -0.1) is 15.3 Å². The molecule has 7 aromatic rings. The fourth-order valence-corrected chi connectivity index (χ4v) is 9.59. The summed E-state index contributed by atoms with van der Waals surface area (Å²) in [7, 11) is -24.3. The van der Waals surface area contributed by atoms with E-state index >= 15 is 0 Å². The number of rotatable bonds is 15. The minimum Gasteiger partial charge on any atom is -0.744 e. The maximum Gasteiger partial charge on any atom is 1.00 e. The molecule has 0 radical (unpaired) electrons. The molecule has 0 saturated carbocycles. The van der Waals surface area contributed by atoms with E-state index in [9.17, 15) is 65.4 Å². The van der Waals surface area contributed by atoms with Crippen LogP contribution in [-0.4, -0.2) is 92.7 Å². The average molecular weight is 1140 g/mol. The van der Waals surface area contributed by atoms with Crippen molar-refractivity contribution in [2.24, 2.45) is 30.4 Å². The van der Waals surface area contributed by atoms with Crippen molar-refractivity contribution < 1.29 is 184 Å². The van der Waals surface area contributed by atoms with E-state index in [1.807, 2.05) is 0 Å². The number of aliphatic hydroxyl groups is 1. The maximum absolute atomic E-state index is 12.7. The van der Waals surface area contributed by atoms with Gasteiger partial charge in [-0.1, -0.05) is 24.3 Å². The standard InChI is InChI=1S/C40H34N10O15S5.4Na/c1-23-19-25(9-13-31(23)47-49-33-15-14-32(29-12-10-27(21-30(29)33)67(54,55)56)48-50-34-7-2-3-8-36(34)69(60,61)62)42-39-44-38(41-24-5-4-6-26(20-24)66(52,53)18-17-51)45-40(46-39)43-35-22-28(68(57,58)59)11-16-37(35)70(63,64)65;;;;/h2-16,19-22,51H,17-18H2,1H3,(H,54,55,56)(H,57,58,59)(H,60,61,62)(H,63,64,65)(H3,41,42,43,44,45,46);;;;/q;4*+1/p-4. The van der Waals surface area contributed by atoms with E-state index in [4.69, 9.17) is 0 Å². The Morgan fingerprint density at radius 1 is 0.527 bits per heavy atom. The molecule has 364 valence electrons. The van der Waals surface area contributed by atoms with E-state index in [2.05, 4.69) is 50.7 Å². The Labute approximate surface area is 510 Å². The SMILES string of the molecule is Cc1cc(Nc2nc(=Nc3cccc(S(=O)(=O)CCO)c3)[nH]c(=Nc3cc(S(=O)(=O)[O-])ccc3S(=O)(=O)[O-])[nH]2)ccc1N=Nc1ccc(N=Nc2ccccc2S(=O)(=O)[O-])c2ccc(S(=O)(=O)[O-])cc12.[Na+].[Na+].[Na+].[Na+]. The van der Waals surface area contributed by atoms with Crippen molar-refractivity contribution in [3.8, 4) is 0 Å². The number of aliphatic hydroxyl groups excluding tert-OH is 1. The summed E-state index contributed by atoms with van der Waals surface area (Å²) < 4.78 is 169. The molecule has 0 saturated heterocycles. The molecule has 0 aliphatic carbocycles. The number of hydrogen-bond acceptors (Lipinski definition) is 23. The minimum atomic E-state index is -5.31. The van der Waals surface area contributed by atoms with Crippen LogP contribution in [-0.2, 0) is 50.3 Å². The number of azo groups is 2. The Hall–Kier alpha value is -3.26. The number of hydrogen-bond donors (Lipinski definition) is 4. The number of fused-ring (bicyclic) bond motifs is 1. The molecule has 0 fully saturated rings. The van der Waals surface area contributed by atoms with Crippen molar-refractivity contribution in [2.45, 2.75) is 31.4 Å². The Bertz CT molecular complexity index is 4070. The number of anilines is 2. The number of H-pyrrole nitrogens is 2. The van der Waals surface area contributed by atoms with Crippen molar-refractivity contribution in [3.05, 3.63) is 132 Å². The summed E-state index contributed by atoms with van der Waals surface area (Å²) in [5, 5.41) is 29.0. The predicted octanol–water partition coefficient (Wildman–Crippen LogP) is -7.36. The molecule has 6 aromatic carbocycles. The zero-order valence-electron chi connectivity index (χ0n) is 39.2. The van der Waals surface area contributed by atoms with Crippen LogP contribution in [0.15, 0.2) is 170 Å². The molecular formula is C40H30N10Na4O15S5. The molecule has 0 unspecified atom stereocenters. The molecule has 34 heteroatoms. The molecule has 0 amide bonds. The molecule has 0 aliphatic rings. The summed E-state index contributed by atoms with van der Waals surface area (Å²) in [6.45, 7) is 0.965. The van der Waals surface area contributed by atoms with Crippen LogP contribution in [0.3, 0.4) is 0 Å². The first-order valence-electron chi connectivity index (χ1n) is 19.4. The van der Waals surface area contributed by atoms with Gasteiger partial charge in [0.1, 0.15) is 46.2 Å². The summed E-state index contributed by atoms with van der Waals surface area (Å²) in [4.78, 5) is 14.6. The van der Waals surface area contributed by atoms with Crippen LogP contribution in [0.25, 0.3) is 10.8 Å². The van der Waals surface area contributed by atoms with Crippen LogP contribution in [0.1, 0.15) is 5.56 Å². The first-order valence-corrected chi connectivity index (χ1v) is 26.7. The van der Waals surface area contributed by atoms with Gasteiger partial charge in [-0.2, -0.15) is 10.1 Å². The Morgan fingerprint density at radius 2 is 1.09 bits per heavy atom. The average Bonchev–Trinajstić information content (AvgIpc) is 3.27. The fourth-order valence-electron chi connectivity index (χ4n) is 6.33. The molecule has 1 heterocycles. The number of benzene rings is 6. The Kier molecular flexibility index (Phi) is 23.2. The molecule has 0 spiro atoms. The van der Waals surface area contributed by atoms with Gasteiger partial charge >= 0.3 is 118 Å². The van der Waals surface area contributed by atoms with Gasteiger partial charge in [-0.3, -0.25) is 9.97 Å². The number of nitrogens with one attached hydrogen (secondary N) is 3. The van der Waals surface area contributed by atoms with E-state index in [0.29, 0.717) is 29.4 Å². The second-order valence-electron chi connectivity index (χ2n) is 14.4. The monoisotopic (exact) mass is 1140 g/mol. The van der Waals surface area contributed by atoms with Crippen molar-refractivity contribution in [2.75, 3.05) is 17.7 Å². The van der Waals surface area contributed by atoms with Crippen molar-refractivity contribution in [3.63, 3.8) is 0 Å². The molecule has 74 heavy (non-hydrogen) atoms. The van der Waals surface area contributed by atoms with Crippen LogP contribution in [0.2, 0.25) is 0 Å². The molecule has 0 aliphatic heterocycles. The molecule has 0 bridgehead atoms. The summed E-state index contributed by atoms with van der Waals surface area (Å²) in [5.41, 5.74) is -0.661. The van der Waals surface area contributed by atoms with Gasteiger partial charge in [-0.25, -0.2) is 52.1 Å². The first-order chi connectivity index (χ1) is 32.8. The first kappa shape index (κ1) is 65.0. The maximum atomic E-state index is 12.7. The number of nitrogens with zero attached hydrogens (tertiary/aromatic N) is 7. The topological polar surface area (TPSA) is 414 Å². The zero-order valence-corrected chi connectivity index (χ0v) is 51.3. The third kappa shape index (κ3) is 16.6. The summed E-state index contributed by atoms with van der Waals surface area (Å²) in [6, 6.07) is 22.7. The molecule has 4 N–H and O–H groups in total. The Morgan fingerprint density at radius 3 is 1.72 bits per heavy atom. The molecule has 0 atom stereocenters. The van der Waals surface area contributed by atoms with Gasteiger partial charge in [0, 0.05) is 16.5 Å². The van der Waals surface area contributed by atoms with E-state index in [0.717, 1.165) is 18.2 Å². The molecular weight excluding hydrogens is 1110 g/mol. The number of aryl methyl sites for hydroxylation is 1. The fraction of sp³-hybridized carbons (Fsp3) is 0.0750. The molecule has 1 aromatic heterocycles.